The van der Waals surface area contributed by atoms with Crippen LogP contribution in [0.25, 0.3) is 5.57 Å². The van der Waals surface area contributed by atoms with Crippen molar-refractivity contribution < 1.29 is 13.6 Å². The summed E-state index contributed by atoms with van der Waals surface area (Å²) in [5.41, 5.74) is 5.43. The number of ketones is 1. The van der Waals surface area contributed by atoms with Gasteiger partial charge in [-0.3, -0.25) is 4.79 Å². The van der Waals surface area contributed by atoms with Crippen molar-refractivity contribution in [2.24, 2.45) is 5.41 Å². The molecule has 0 atom stereocenters. The summed E-state index contributed by atoms with van der Waals surface area (Å²) >= 11 is 0. The summed E-state index contributed by atoms with van der Waals surface area (Å²) in [5, 5.41) is 3.23. The summed E-state index contributed by atoms with van der Waals surface area (Å²) in [6.45, 7) is 9.81. The molecular weight excluding hydrogens is 420 g/mol. The van der Waals surface area contributed by atoms with Gasteiger partial charge in [-0.05, 0) is 41.9 Å². The molecule has 0 radical (unpaired) electrons. The lowest BCUT2D eigenvalue weighted by molar-refractivity contribution is -0.0361. The minimum absolute atomic E-state index is 0.0182. The lowest BCUT2D eigenvalue weighted by atomic mass is 9.84. The number of halogens is 2. The highest BCUT2D eigenvalue weighted by Gasteiger charge is 2.35. The van der Waals surface area contributed by atoms with E-state index in [9.17, 15) is 13.6 Å². The highest BCUT2D eigenvalue weighted by molar-refractivity contribution is 5.98. The van der Waals surface area contributed by atoms with E-state index in [-0.39, 0.29) is 30.1 Å². The summed E-state index contributed by atoms with van der Waals surface area (Å²) < 4.78 is 26.8. The normalized spacial score (nSPS) is 17.9. The van der Waals surface area contributed by atoms with Gasteiger partial charge < -0.3 is 5.32 Å². The number of rotatable bonds is 7. The van der Waals surface area contributed by atoms with Crippen molar-refractivity contribution >= 4 is 17.3 Å². The van der Waals surface area contributed by atoms with Gasteiger partial charge in [0.25, 0.3) is 0 Å². The number of nitrogens with zero attached hydrogens (tertiary/aromatic N) is 2. The molecule has 0 saturated heterocycles. The number of allylic oxidation sites excluding steroid dienone is 2. The van der Waals surface area contributed by atoms with Crippen molar-refractivity contribution in [2.75, 3.05) is 5.32 Å². The quantitative estimate of drug-likeness (QED) is 0.383. The highest BCUT2D eigenvalue weighted by atomic mass is 19.3. The Bertz CT molecular complexity index is 1110. The van der Waals surface area contributed by atoms with Crippen molar-refractivity contribution in [3.05, 3.63) is 71.1 Å². The third-order valence-corrected chi connectivity index (χ3v) is 6.71. The first kappa shape index (κ1) is 23.3. The van der Waals surface area contributed by atoms with Crippen LogP contribution in [0.2, 0.25) is 0 Å². The van der Waals surface area contributed by atoms with Crippen molar-refractivity contribution in [3.63, 3.8) is 0 Å². The molecule has 2 aliphatic rings. The van der Waals surface area contributed by atoms with Crippen LogP contribution in [0.15, 0.2) is 43.1 Å². The number of hydrogen-bond donors (Lipinski definition) is 1. The van der Waals surface area contributed by atoms with Crippen molar-refractivity contribution in [1.82, 2.24) is 9.97 Å². The number of Topliss-reactive ketones (excluding diaryl/α,β-unsaturated/α-hetero) is 1. The zero-order valence-electron chi connectivity index (χ0n) is 19.5. The molecule has 4 rings (SSSR count). The average Bonchev–Trinajstić information content (AvgIpc) is 3.18. The first-order valence-corrected chi connectivity index (χ1v) is 11.6. The fourth-order valence-electron chi connectivity index (χ4n) is 4.54. The molecule has 2 aliphatic carbocycles. The number of hydrogen-bond acceptors (Lipinski definition) is 4. The predicted molar refractivity (Wildman–Crippen MR) is 128 cm³/mol. The van der Waals surface area contributed by atoms with E-state index >= 15 is 0 Å². The van der Waals surface area contributed by atoms with E-state index in [4.69, 9.17) is 0 Å². The summed E-state index contributed by atoms with van der Waals surface area (Å²) in [6, 6.07) is 5.91. The lowest BCUT2D eigenvalue weighted by Gasteiger charge is -2.28. The maximum Gasteiger partial charge on any atom is 0.248 e. The van der Waals surface area contributed by atoms with Crippen LogP contribution in [0.3, 0.4) is 0 Å². The first-order valence-electron chi connectivity index (χ1n) is 11.6. The van der Waals surface area contributed by atoms with Gasteiger partial charge in [0.05, 0.1) is 5.69 Å². The first-order chi connectivity index (χ1) is 15.6. The smallest absolute Gasteiger partial charge is 0.248 e. The molecule has 1 fully saturated rings. The largest absolute Gasteiger partial charge is 0.351 e. The third kappa shape index (κ3) is 5.21. The van der Waals surface area contributed by atoms with E-state index < -0.39 is 5.92 Å². The molecule has 0 aliphatic heterocycles. The molecule has 1 aromatic carbocycles. The second kappa shape index (κ2) is 8.81. The molecule has 0 unspecified atom stereocenters. The summed E-state index contributed by atoms with van der Waals surface area (Å²) in [6.07, 6.45) is 7.53. The molecule has 1 heterocycles. The van der Waals surface area contributed by atoms with Gasteiger partial charge in [-0.1, -0.05) is 44.2 Å². The van der Waals surface area contributed by atoms with E-state index in [0.717, 1.165) is 33.5 Å². The molecular formula is C27H31F2N3O. The van der Waals surface area contributed by atoms with Gasteiger partial charge in [-0.25, -0.2) is 18.7 Å². The molecule has 6 heteroatoms. The zero-order valence-corrected chi connectivity index (χ0v) is 19.5. The van der Waals surface area contributed by atoms with Crippen LogP contribution in [0, 0.1) is 12.3 Å². The molecule has 0 spiro atoms. The SMILES string of the molecule is C=CC(C)(C)CC(=O)c1ccc(C2=CCc3nc(NC4CCC(F)(F)CC4)ncc32)cc1C. The van der Waals surface area contributed by atoms with Crippen LogP contribution >= 0.6 is 0 Å². The summed E-state index contributed by atoms with van der Waals surface area (Å²) in [4.78, 5) is 21.9. The van der Waals surface area contributed by atoms with Crippen molar-refractivity contribution in [2.45, 2.75) is 71.3 Å². The Kier molecular flexibility index (Phi) is 6.21. The molecule has 0 bridgehead atoms. The molecule has 0 amide bonds. The zero-order chi connectivity index (χ0) is 23.8. The van der Waals surface area contributed by atoms with Gasteiger partial charge >= 0.3 is 0 Å². The minimum Gasteiger partial charge on any atom is -0.351 e. The summed E-state index contributed by atoms with van der Waals surface area (Å²) in [5.74, 6) is -1.93. The maximum absolute atomic E-state index is 13.4. The van der Waals surface area contributed by atoms with Crippen LogP contribution < -0.4 is 5.32 Å². The molecule has 2 aromatic rings. The van der Waals surface area contributed by atoms with E-state index in [1.165, 1.54) is 0 Å². The maximum atomic E-state index is 13.4. The van der Waals surface area contributed by atoms with Gasteiger partial charge in [-0.15, -0.1) is 6.58 Å². The number of fused-ring (bicyclic) bond motifs is 1. The van der Waals surface area contributed by atoms with Crippen LogP contribution in [-0.4, -0.2) is 27.7 Å². The second-order valence-corrected chi connectivity index (χ2v) is 9.97. The van der Waals surface area contributed by atoms with E-state index in [1.807, 2.05) is 51.2 Å². The van der Waals surface area contributed by atoms with Gasteiger partial charge in [-0.2, -0.15) is 0 Å². The lowest BCUT2D eigenvalue weighted by Crippen LogP contribution is -2.32. The van der Waals surface area contributed by atoms with Crippen LogP contribution in [0.5, 0.6) is 0 Å². The fraction of sp³-hybridized carbons (Fsp3) is 0.444. The van der Waals surface area contributed by atoms with E-state index in [0.29, 0.717) is 31.6 Å². The minimum atomic E-state index is -2.55. The molecule has 174 valence electrons. The van der Waals surface area contributed by atoms with Crippen LogP contribution in [0.4, 0.5) is 14.7 Å². The molecule has 33 heavy (non-hydrogen) atoms. The van der Waals surface area contributed by atoms with Gasteiger partial charge in [0.2, 0.25) is 11.9 Å². The van der Waals surface area contributed by atoms with Gasteiger partial charge in [0, 0.05) is 49.0 Å². The van der Waals surface area contributed by atoms with Gasteiger partial charge in [0.15, 0.2) is 5.78 Å². The molecule has 1 N–H and O–H groups in total. The summed E-state index contributed by atoms with van der Waals surface area (Å²) in [7, 11) is 0. The number of carbonyl (C=O) groups excluding carboxylic acids is 1. The molecule has 4 nitrogen and oxygen atoms in total. The Labute approximate surface area is 194 Å². The topological polar surface area (TPSA) is 54.9 Å². The number of anilines is 1. The van der Waals surface area contributed by atoms with Crippen molar-refractivity contribution in [3.8, 4) is 0 Å². The second-order valence-electron chi connectivity index (χ2n) is 9.97. The fourth-order valence-corrected chi connectivity index (χ4v) is 4.54. The predicted octanol–water partition coefficient (Wildman–Crippen LogP) is 6.55. The van der Waals surface area contributed by atoms with Crippen LogP contribution in [0.1, 0.15) is 78.7 Å². The third-order valence-electron chi connectivity index (χ3n) is 6.71. The van der Waals surface area contributed by atoms with Gasteiger partial charge in [0.1, 0.15) is 0 Å². The van der Waals surface area contributed by atoms with E-state index in [1.54, 1.807) is 0 Å². The Morgan fingerprint density at radius 1 is 1.30 bits per heavy atom. The standard InChI is InChI=1S/C27H31F2N3O/c1-5-26(3,4)15-24(33)20-7-6-18(14-17(20)2)21-8-9-23-22(21)16-30-25(32-23)31-19-10-12-27(28,29)13-11-19/h5-8,14,16,19H,1,9-13,15H2,2-4H3,(H,30,31,32). The Morgan fingerprint density at radius 2 is 2.03 bits per heavy atom. The number of aromatic nitrogens is 2. The Balaban J connectivity index is 1.47. The Morgan fingerprint density at radius 3 is 2.70 bits per heavy atom. The Hall–Kier alpha value is -2.89. The van der Waals surface area contributed by atoms with E-state index in [2.05, 4.69) is 27.9 Å². The number of nitrogens with one attached hydrogen (secondary N) is 1. The number of benzene rings is 1. The highest BCUT2D eigenvalue weighted by Crippen LogP contribution is 2.36. The number of aryl methyl sites for hydroxylation is 1. The van der Waals surface area contributed by atoms with Crippen molar-refractivity contribution in [1.29, 1.82) is 0 Å². The van der Waals surface area contributed by atoms with Crippen LogP contribution in [-0.2, 0) is 6.42 Å². The molecule has 1 saturated carbocycles. The number of alkyl halides is 2. The average molecular weight is 452 g/mol. The molecule has 1 aromatic heterocycles. The number of carbonyl (C=O) groups is 1. The monoisotopic (exact) mass is 451 g/mol.